The molecular weight excluding hydrogens is 593 g/mol. The van der Waals surface area contributed by atoms with Crippen molar-refractivity contribution < 1.29 is 45.6 Å². The summed E-state index contributed by atoms with van der Waals surface area (Å²) in [7, 11) is 0. The van der Waals surface area contributed by atoms with E-state index in [0.717, 1.165) is 11.2 Å². The molecule has 15 heteroatoms. The molecule has 3 aromatic rings. The van der Waals surface area contributed by atoms with Crippen LogP contribution < -0.4 is 20.7 Å². The van der Waals surface area contributed by atoms with Crippen molar-refractivity contribution in [2.45, 2.75) is 43.9 Å². The van der Waals surface area contributed by atoms with Gasteiger partial charge in [0.25, 0.3) is 11.8 Å². The summed E-state index contributed by atoms with van der Waals surface area (Å²) in [5.41, 5.74) is 6.49. The zero-order chi connectivity index (χ0) is 31.8. The second kappa shape index (κ2) is 11.7. The van der Waals surface area contributed by atoms with Gasteiger partial charge in [-0.05, 0) is 19.4 Å². The minimum absolute atomic E-state index is 0.00208. The maximum atomic E-state index is 14.9. The number of halogens is 5. The number of primary amides is 1. The van der Waals surface area contributed by atoms with Crippen molar-refractivity contribution in [2.75, 3.05) is 18.1 Å². The van der Waals surface area contributed by atoms with E-state index in [2.05, 4.69) is 15.5 Å². The predicted molar refractivity (Wildman–Crippen MR) is 145 cm³/mol. The number of aromatic nitrogens is 1. The molecule has 3 amide bonds. The van der Waals surface area contributed by atoms with Gasteiger partial charge in [0, 0.05) is 23.1 Å². The summed E-state index contributed by atoms with van der Waals surface area (Å²) in [4.78, 5) is 45.5. The molecule has 0 fully saturated rings. The normalized spacial score (nSPS) is 19.0. The van der Waals surface area contributed by atoms with Crippen LogP contribution in [0.5, 0.6) is 5.75 Å². The average Bonchev–Trinajstić information content (AvgIpc) is 3.27. The topological polar surface area (TPSA) is 140 Å². The summed E-state index contributed by atoms with van der Waals surface area (Å²) in [5.74, 6) is -10.3. The van der Waals surface area contributed by atoms with Gasteiger partial charge in [-0.25, -0.2) is 13.8 Å². The molecule has 2 aliphatic heterocycles. The molecule has 3 N–H and O–H groups in total. The number of aryl methyl sites for hydroxylation is 1. The van der Waals surface area contributed by atoms with Crippen molar-refractivity contribution in [3.8, 4) is 5.75 Å². The van der Waals surface area contributed by atoms with Crippen LogP contribution in [0, 0.1) is 12.8 Å². The predicted octanol–water partition coefficient (Wildman–Crippen LogP) is 3.86. The molecule has 2 aromatic carbocycles. The van der Waals surface area contributed by atoms with Crippen molar-refractivity contribution in [3.63, 3.8) is 0 Å². The third kappa shape index (κ3) is 6.26. The molecule has 0 spiro atoms. The smallest absolute Gasteiger partial charge is 0.389 e. The molecule has 1 aromatic heterocycles. The van der Waals surface area contributed by atoms with Gasteiger partial charge in [-0.1, -0.05) is 47.6 Å². The van der Waals surface area contributed by atoms with E-state index >= 15 is 0 Å². The fraction of sp³-hybridized carbons (Fsp3) is 0.345. The lowest BCUT2D eigenvalue weighted by molar-refractivity contribution is -0.144. The molecule has 3 atom stereocenters. The summed E-state index contributed by atoms with van der Waals surface area (Å²) < 4.78 is 79.9. The van der Waals surface area contributed by atoms with Gasteiger partial charge in [-0.15, -0.1) is 0 Å². The molecule has 3 heterocycles. The molecule has 2 aliphatic rings. The zero-order valence-electron chi connectivity index (χ0n) is 23.1. The number of benzene rings is 2. The van der Waals surface area contributed by atoms with Crippen molar-refractivity contribution in [2.24, 2.45) is 16.6 Å². The van der Waals surface area contributed by atoms with Crippen LogP contribution in [-0.4, -0.2) is 60.0 Å². The Morgan fingerprint density at radius 3 is 2.52 bits per heavy atom. The maximum absolute atomic E-state index is 14.9. The average molecular weight is 620 g/mol. The standard InChI is InChI=1S/C29H26F5N5O5/c1-15-19(12-44-38-15)21(24(35)40)17(10-11-29(32,33)34)26(41)37-25-27(42)39-13-28(30,31)14-43-20-9-5-8-18(23(20)39)22(36-25)16-6-3-2-4-7-16/h2-9,12,17,21,25H,10-11,13-14H2,1H3,(H2,35,40)(H,37,41)/t17?,21?,25-/m1/s1. The largest absolute Gasteiger partial charge is 0.485 e. The van der Waals surface area contributed by atoms with E-state index < -0.39 is 73.8 Å². The number of carbonyl (C=O) groups is 3. The molecule has 232 valence electrons. The summed E-state index contributed by atoms with van der Waals surface area (Å²) in [6.07, 6.45) is -7.96. The van der Waals surface area contributed by atoms with Gasteiger partial charge in [-0.3, -0.25) is 19.3 Å². The molecule has 5 rings (SSSR count). The molecule has 10 nitrogen and oxygen atoms in total. The van der Waals surface area contributed by atoms with E-state index in [0.29, 0.717) is 5.56 Å². The van der Waals surface area contributed by atoms with E-state index in [1.54, 1.807) is 36.4 Å². The van der Waals surface area contributed by atoms with Gasteiger partial charge < -0.3 is 20.3 Å². The van der Waals surface area contributed by atoms with Gasteiger partial charge in [0.15, 0.2) is 6.61 Å². The number of anilines is 1. The number of nitrogens with one attached hydrogen (secondary N) is 1. The van der Waals surface area contributed by atoms with Crippen LogP contribution in [0.3, 0.4) is 0 Å². The number of carbonyl (C=O) groups excluding carboxylic acids is 3. The molecule has 44 heavy (non-hydrogen) atoms. The van der Waals surface area contributed by atoms with E-state index in [9.17, 15) is 36.3 Å². The Kier molecular flexibility index (Phi) is 8.14. The molecule has 0 bridgehead atoms. The number of nitrogens with two attached hydrogens (primary N) is 1. The number of nitrogens with zero attached hydrogens (tertiary/aromatic N) is 3. The van der Waals surface area contributed by atoms with Gasteiger partial charge in [-0.2, -0.15) is 13.2 Å². The Bertz CT molecular complexity index is 1610. The molecule has 2 unspecified atom stereocenters. The monoisotopic (exact) mass is 619 g/mol. The van der Waals surface area contributed by atoms with Crippen molar-refractivity contribution in [1.82, 2.24) is 10.5 Å². The second-order valence-electron chi connectivity index (χ2n) is 10.5. The lowest BCUT2D eigenvalue weighted by Gasteiger charge is -2.28. The number of para-hydroxylation sites is 1. The Labute approximate surface area is 247 Å². The number of hydrogen-bond acceptors (Lipinski definition) is 7. The van der Waals surface area contributed by atoms with Crippen LogP contribution in [0.4, 0.5) is 27.6 Å². The molecule has 0 saturated heterocycles. The van der Waals surface area contributed by atoms with E-state index in [-0.39, 0.29) is 34.0 Å². The van der Waals surface area contributed by atoms with Crippen LogP contribution >= 0.6 is 0 Å². The lowest BCUT2D eigenvalue weighted by Crippen LogP contribution is -2.52. The Morgan fingerprint density at radius 2 is 1.89 bits per heavy atom. The van der Waals surface area contributed by atoms with Gasteiger partial charge in [0.05, 0.1) is 35.5 Å². The van der Waals surface area contributed by atoms with Crippen LogP contribution in [0.1, 0.15) is 41.1 Å². The highest BCUT2D eigenvalue weighted by atomic mass is 19.4. The highest BCUT2D eigenvalue weighted by molar-refractivity contribution is 6.21. The van der Waals surface area contributed by atoms with E-state index in [4.69, 9.17) is 15.0 Å². The molecular formula is C29H26F5N5O5. The number of amides is 3. The van der Waals surface area contributed by atoms with Crippen molar-refractivity contribution >= 4 is 29.1 Å². The summed E-state index contributed by atoms with van der Waals surface area (Å²) in [6.45, 7) is -0.740. The minimum Gasteiger partial charge on any atom is -0.485 e. The van der Waals surface area contributed by atoms with Crippen LogP contribution in [0.25, 0.3) is 0 Å². The molecule has 0 radical (unpaired) electrons. The van der Waals surface area contributed by atoms with Crippen LogP contribution in [-0.2, 0) is 14.4 Å². The maximum Gasteiger partial charge on any atom is 0.389 e. The fourth-order valence-electron chi connectivity index (χ4n) is 5.33. The van der Waals surface area contributed by atoms with E-state index in [1.807, 2.05) is 0 Å². The summed E-state index contributed by atoms with van der Waals surface area (Å²) >= 11 is 0. The minimum atomic E-state index is -4.71. The van der Waals surface area contributed by atoms with Gasteiger partial charge in [0.1, 0.15) is 12.0 Å². The highest BCUT2D eigenvalue weighted by Gasteiger charge is 2.46. The molecule has 0 saturated carbocycles. The number of aliphatic imine (C=N–C) groups is 1. The Balaban J connectivity index is 1.60. The Morgan fingerprint density at radius 1 is 1.16 bits per heavy atom. The summed E-state index contributed by atoms with van der Waals surface area (Å²) in [6, 6.07) is 12.8. The molecule has 0 aliphatic carbocycles. The summed E-state index contributed by atoms with van der Waals surface area (Å²) in [5, 5.41) is 5.96. The van der Waals surface area contributed by atoms with Crippen LogP contribution in [0.15, 0.2) is 64.3 Å². The van der Waals surface area contributed by atoms with Crippen molar-refractivity contribution in [1.29, 1.82) is 0 Å². The number of alkyl halides is 5. The quantitative estimate of drug-likeness (QED) is 0.367. The third-order valence-corrected chi connectivity index (χ3v) is 7.34. The first-order valence-corrected chi connectivity index (χ1v) is 13.4. The number of ether oxygens (including phenoxy) is 1. The van der Waals surface area contributed by atoms with Crippen molar-refractivity contribution in [3.05, 3.63) is 77.2 Å². The first-order valence-electron chi connectivity index (χ1n) is 13.4. The van der Waals surface area contributed by atoms with E-state index in [1.165, 1.54) is 19.1 Å². The second-order valence-corrected chi connectivity index (χ2v) is 10.5. The Hall–Kier alpha value is -4.82. The number of hydrogen-bond donors (Lipinski definition) is 2. The van der Waals surface area contributed by atoms with Gasteiger partial charge in [0.2, 0.25) is 18.0 Å². The first-order chi connectivity index (χ1) is 20.8. The van der Waals surface area contributed by atoms with Crippen LogP contribution in [0.2, 0.25) is 0 Å². The third-order valence-electron chi connectivity index (χ3n) is 7.34. The first kappa shape index (κ1) is 30.6. The van der Waals surface area contributed by atoms with Gasteiger partial charge >= 0.3 is 6.18 Å². The lowest BCUT2D eigenvalue weighted by atomic mass is 9.82. The number of rotatable bonds is 8. The zero-order valence-corrected chi connectivity index (χ0v) is 23.1. The SMILES string of the molecule is Cc1nocc1C(C(N)=O)C(CCC(F)(F)F)C(=O)N[C@H]1N=C(c2ccccc2)c2cccc3c2N(CC(F)(F)CO3)C1=O. The fourth-order valence-corrected chi connectivity index (χ4v) is 5.33. The highest BCUT2D eigenvalue weighted by Crippen LogP contribution is 2.41.